The molecule has 2 aromatic rings. The van der Waals surface area contributed by atoms with Gasteiger partial charge in [0.25, 0.3) is 5.56 Å². The average molecular weight is 334 g/mol. The van der Waals surface area contributed by atoms with Crippen LogP contribution in [0, 0.1) is 0 Å². The number of hydrogen-bond donors (Lipinski definition) is 2. The third-order valence-corrected chi connectivity index (χ3v) is 3.32. The second kappa shape index (κ2) is 5.92. The van der Waals surface area contributed by atoms with Crippen LogP contribution in [0.4, 0.5) is 5.95 Å². The summed E-state index contributed by atoms with van der Waals surface area (Å²) < 4.78 is 1.71. The topological polar surface area (TPSA) is 95.9 Å². The summed E-state index contributed by atoms with van der Waals surface area (Å²) in [6.07, 6.45) is 1.52. The minimum absolute atomic E-state index is 0.0926. The number of nitrogens with zero attached hydrogens (tertiary/aromatic N) is 4. The van der Waals surface area contributed by atoms with Gasteiger partial charge in [-0.1, -0.05) is 0 Å². The van der Waals surface area contributed by atoms with Crippen molar-refractivity contribution < 1.29 is 4.79 Å². The normalized spacial score (nSPS) is 12.5. The second-order valence-corrected chi connectivity index (χ2v) is 8.01. The van der Waals surface area contributed by atoms with Gasteiger partial charge < -0.3 is 10.2 Å². The van der Waals surface area contributed by atoms with Crippen LogP contribution in [0.1, 0.15) is 41.5 Å². The van der Waals surface area contributed by atoms with Crippen molar-refractivity contribution in [3.8, 4) is 0 Å². The predicted octanol–water partition coefficient (Wildman–Crippen LogP) is 1.23. The van der Waals surface area contributed by atoms with Crippen LogP contribution >= 0.6 is 0 Å². The maximum absolute atomic E-state index is 12.3. The van der Waals surface area contributed by atoms with E-state index in [1.807, 2.05) is 41.5 Å². The van der Waals surface area contributed by atoms with Gasteiger partial charge in [0.05, 0.1) is 18.3 Å². The minimum Gasteiger partial charge on any atom is -0.350 e. The van der Waals surface area contributed by atoms with Crippen molar-refractivity contribution >= 4 is 22.9 Å². The number of likely N-dealkylation sites (N-methyl/N-ethyl adjacent to an activating group) is 1. The zero-order valence-corrected chi connectivity index (χ0v) is 15.4. The van der Waals surface area contributed by atoms with Crippen molar-refractivity contribution in [3.63, 3.8) is 0 Å². The maximum Gasteiger partial charge on any atom is 0.263 e. The number of carbonyl (C=O) groups excluding carboxylic acids is 1. The van der Waals surface area contributed by atoms with E-state index in [1.165, 1.54) is 6.20 Å². The van der Waals surface area contributed by atoms with Crippen LogP contribution in [0.5, 0.6) is 0 Å². The third-order valence-electron chi connectivity index (χ3n) is 3.32. The molecule has 2 aromatic heterocycles. The summed E-state index contributed by atoms with van der Waals surface area (Å²) in [6.45, 7) is 11.8. The first kappa shape index (κ1) is 18.0. The minimum atomic E-state index is -0.312. The van der Waals surface area contributed by atoms with Gasteiger partial charge in [-0.25, -0.2) is 4.68 Å². The number of aromatic amines is 1. The zero-order chi connectivity index (χ0) is 18.3. The largest absolute Gasteiger partial charge is 0.350 e. The molecule has 132 valence electrons. The number of rotatable bonds is 3. The number of aromatic nitrogens is 4. The molecule has 0 bridgehead atoms. The van der Waals surface area contributed by atoms with Crippen LogP contribution in [0.15, 0.2) is 11.0 Å². The predicted molar refractivity (Wildman–Crippen MR) is 94.3 cm³/mol. The van der Waals surface area contributed by atoms with E-state index in [0.717, 1.165) is 0 Å². The van der Waals surface area contributed by atoms with Crippen LogP contribution < -0.4 is 15.8 Å². The molecule has 2 heterocycles. The molecule has 0 unspecified atom stereocenters. The summed E-state index contributed by atoms with van der Waals surface area (Å²) in [5, 5.41) is 7.59. The van der Waals surface area contributed by atoms with E-state index in [2.05, 4.69) is 20.4 Å². The summed E-state index contributed by atoms with van der Waals surface area (Å²) in [6, 6.07) is 0. The Labute approximate surface area is 141 Å². The Morgan fingerprint density at radius 1 is 1.29 bits per heavy atom. The van der Waals surface area contributed by atoms with Crippen LogP contribution in [-0.4, -0.2) is 44.8 Å². The van der Waals surface area contributed by atoms with Crippen molar-refractivity contribution in [3.05, 3.63) is 16.6 Å². The second-order valence-electron chi connectivity index (χ2n) is 8.01. The molecule has 0 atom stereocenters. The van der Waals surface area contributed by atoms with Gasteiger partial charge >= 0.3 is 0 Å². The van der Waals surface area contributed by atoms with Crippen LogP contribution in [0.3, 0.4) is 0 Å². The molecule has 0 radical (unpaired) electrons. The highest BCUT2D eigenvalue weighted by atomic mass is 16.2. The quantitative estimate of drug-likeness (QED) is 0.880. The molecule has 0 fully saturated rings. The molecule has 2 N–H and O–H groups in total. The molecule has 1 amide bonds. The van der Waals surface area contributed by atoms with E-state index in [9.17, 15) is 9.59 Å². The van der Waals surface area contributed by atoms with Gasteiger partial charge in [0.15, 0.2) is 5.65 Å². The lowest BCUT2D eigenvalue weighted by atomic mass is 10.1. The molecule has 0 aliphatic heterocycles. The highest BCUT2D eigenvalue weighted by Gasteiger charge is 2.21. The summed E-state index contributed by atoms with van der Waals surface area (Å²) in [7, 11) is 1.71. The molecule has 8 nitrogen and oxygen atoms in total. The Balaban J connectivity index is 2.35. The van der Waals surface area contributed by atoms with E-state index >= 15 is 0 Å². The molecule has 2 rings (SSSR count). The van der Waals surface area contributed by atoms with Gasteiger partial charge in [0.1, 0.15) is 5.39 Å². The Morgan fingerprint density at radius 3 is 2.46 bits per heavy atom. The molecule has 0 aliphatic rings. The van der Waals surface area contributed by atoms with Crippen molar-refractivity contribution in [2.75, 3.05) is 18.5 Å². The molecule has 24 heavy (non-hydrogen) atoms. The highest BCUT2D eigenvalue weighted by Crippen LogP contribution is 2.19. The van der Waals surface area contributed by atoms with Crippen molar-refractivity contribution in [2.45, 2.75) is 52.6 Å². The number of amides is 1. The standard InChI is InChI=1S/C16H26N6O2/c1-15(2,3)20-11(23)9-21(7)14-18-12-10(13(24)19-14)8-17-22(12)16(4,5)6/h8H,9H2,1-7H3,(H,20,23)(H,18,19,24). The van der Waals surface area contributed by atoms with E-state index in [0.29, 0.717) is 17.0 Å². The SMILES string of the molecule is CN(CC(=O)NC(C)(C)C)c1nc2c(cnn2C(C)(C)C)c(=O)[nH]1. The number of nitrogens with one attached hydrogen (secondary N) is 2. The van der Waals surface area contributed by atoms with Gasteiger partial charge in [-0.2, -0.15) is 10.1 Å². The lowest BCUT2D eigenvalue weighted by Gasteiger charge is -2.24. The maximum atomic E-state index is 12.3. The lowest BCUT2D eigenvalue weighted by Crippen LogP contribution is -2.45. The summed E-state index contributed by atoms with van der Waals surface area (Å²) in [4.78, 5) is 33.2. The first-order valence-corrected chi connectivity index (χ1v) is 7.89. The fraction of sp³-hybridized carbons (Fsp3) is 0.625. The Kier molecular flexibility index (Phi) is 4.43. The Morgan fingerprint density at radius 2 is 1.92 bits per heavy atom. The van der Waals surface area contributed by atoms with Crippen LogP contribution in [0.25, 0.3) is 11.0 Å². The molecule has 0 aromatic carbocycles. The number of hydrogen-bond acceptors (Lipinski definition) is 5. The Hall–Kier alpha value is -2.38. The van der Waals surface area contributed by atoms with Gasteiger partial charge in [0.2, 0.25) is 11.9 Å². The van der Waals surface area contributed by atoms with E-state index in [4.69, 9.17) is 0 Å². The van der Waals surface area contributed by atoms with E-state index in [1.54, 1.807) is 16.6 Å². The van der Waals surface area contributed by atoms with Crippen molar-refractivity contribution in [1.29, 1.82) is 0 Å². The molecular formula is C16H26N6O2. The molecular weight excluding hydrogens is 308 g/mol. The molecule has 0 aliphatic carbocycles. The monoisotopic (exact) mass is 334 g/mol. The number of H-pyrrole nitrogens is 1. The zero-order valence-electron chi connectivity index (χ0n) is 15.4. The summed E-state index contributed by atoms with van der Waals surface area (Å²) in [5.41, 5.74) is -0.381. The van der Waals surface area contributed by atoms with Crippen LogP contribution in [-0.2, 0) is 10.3 Å². The Bertz CT molecular complexity index is 807. The number of anilines is 1. The van der Waals surface area contributed by atoms with Crippen molar-refractivity contribution in [1.82, 2.24) is 25.1 Å². The summed E-state index contributed by atoms with van der Waals surface area (Å²) in [5.74, 6) is 0.194. The van der Waals surface area contributed by atoms with Gasteiger partial charge in [-0.05, 0) is 41.5 Å². The highest BCUT2D eigenvalue weighted by molar-refractivity contribution is 5.82. The molecule has 8 heteroatoms. The first-order valence-electron chi connectivity index (χ1n) is 7.89. The lowest BCUT2D eigenvalue weighted by molar-refractivity contribution is -0.121. The smallest absolute Gasteiger partial charge is 0.263 e. The molecule has 0 saturated heterocycles. The van der Waals surface area contributed by atoms with E-state index < -0.39 is 0 Å². The van der Waals surface area contributed by atoms with Gasteiger partial charge in [0, 0.05) is 12.6 Å². The molecule has 0 spiro atoms. The van der Waals surface area contributed by atoms with Gasteiger partial charge in [-0.15, -0.1) is 0 Å². The number of fused-ring (bicyclic) bond motifs is 1. The van der Waals surface area contributed by atoms with Crippen molar-refractivity contribution in [2.24, 2.45) is 0 Å². The fourth-order valence-electron chi connectivity index (χ4n) is 2.33. The first-order chi connectivity index (χ1) is 10.9. The third kappa shape index (κ3) is 3.93. The summed E-state index contributed by atoms with van der Waals surface area (Å²) >= 11 is 0. The van der Waals surface area contributed by atoms with Gasteiger partial charge in [-0.3, -0.25) is 14.6 Å². The fourth-order valence-corrected chi connectivity index (χ4v) is 2.33. The van der Waals surface area contributed by atoms with Crippen LogP contribution in [0.2, 0.25) is 0 Å². The molecule has 0 saturated carbocycles. The number of carbonyl (C=O) groups is 1. The van der Waals surface area contributed by atoms with E-state index in [-0.39, 0.29) is 29.1 Å². The average Bonchev–Trinajstić information content (AvgIpc) is 2.80.